The smallest absolute Gasteiger partial charge is 0.262 e. The van der Waals surface area contributed by atoms with Crippen molar-refractivity contribution in [1.82, 2.24) is 14.5 Å². The zero-order valence-electron chi connectivity index (χ0n) is 15.7. The Labute approximate surface area is 166 Å². The monoisotopic (exact) mass is 395 g/mol. The molecule has 142 valence electrons. The number of likely N-dealkylation sites (N-methyl/N-ethyl adjacent to an activating group) is 1. The first-order valence-electron chi connectivity index (χ1n) is 8.81. The molecule has 0 fully saturated rings. The van der Waals surface area contributed by atoms with Gasteiger partial charge in [0.2, 0.25) is 5.91 Å². The Morgan fingerprint density at radius 3 is 2.54 bits per heavy atom. The summed E-state index contributed by atoms with van der Waals surface area (Å²) < 4.78 is 1.85. The predicted molar refractivity (Wildman–Crippen MR) is 106 cm³/mol. The third-order valence-electron chi connectivity index (χ3n) is 5.49. The SMILES string of the molecule is CN1C(=O)c2c(n(C)c3ccccc23)C(C)(CC(=O)c2ccc(Cl)nc2)C1=O. The lowest BCUT2D eigenvalue weighted by Gasteiger charge is -2.37. The molecule has 28 heavy (non-hydrogen) atoms. The molecule has 0 N–H and O–H groups in total. The number of pyridine rings is 1. The molecule has 2 amide bonds. The number of aromatic nitrogens is 2. The van der Waals surface area contributed by atoms with Gasteiger partial charge in [0.1, 0.15) is 5.15 Å². The predicted octanol–water partition coefficient (Wildman–Crippen LogP) is 3.37. The largest absolute Gasteiger partial charge is 0.346 e. The van der Waals surface area contributed by atoms with Crippen LogP contribution in [-0.4, -0.2) is 39.1 Å². The Morgan fingerprint density at radius 2 is 1.86 bits per heavy atom. The second-order valence-electron chi connectivity index (χ2n) is 7.27. The van der Waals surface area contributed by atoms with E-state index in [0.717, 1.165) is 15.8 Å². The molecule has 1 aromatic carbocycles. The van der Waals surface area contributed by atoms with Gasteiger partial charge in [0.25, 0.3) is 5.91 Å². The van der Waals surface area contributed by atoms with Crippen LogP contribution in [0.25, 0.3) is 10.9 Å². The number of fused-ring (bicyclic) bond motifs is 3. The highest BCUT2D eigenvalue weighted by atomic mass is 35.5. The van der Waals surface area contributed by atoms with Crippen LogP contribution in [-0.2, 0) is 17.3 Å². The van der Waals surface area contributed by atoms with Crippen molar-refractivity contribution in [1.29, 1.82) is 0 Å². The lowest BCUT2D eigenvalue weighted by molar-refractivity contribution is -0.133. The second kappa shape index (κ2) is 6.27. The number of halogens is 1. The van der Waals surface area contributed by atoms with Gasteiger partial charge in [-0.25, -0.2) is 4.98 Å². The minimum absolute atomic E-state index is 0.0794. The van der Waals surface area contributed by atoms with Gasteiger partial charge in [0.15, 0.2) is 5.78 Å². The molecule has 3 aromatic rings. The van der Waals surface area contributed by atoms with E-state index >= 15 is 0 Å². The molecule has 7 heteroatoms. The summed E-state index contributed by atoms with van der Waals surface area (Å²) in [5, 5.41) is 1.06. The van der Waals surface area contributed by atoms with Crippen molar-refractivity contribution in [2.45, 2.75) is 18.8 Å². The fourth-order valence-corrected chi connectivity index (χ4v) is 4.22. The number of Topliss-reactive ketones (excluding diaryl/α,β-unsaturated/α-hetero) is 1. The Balaban J connectivity index is 1.90. The summed E-state index contributed by atoms with van der Waals surface area (Å²) in [6.07, 6.45) is 1.32. The fourth-order valence-electron chi connectivity index (χ4n) is 4.11. The lowest BCUT2D eigenvalue weighted by atomic mass is 9.75. The third-order valence-corrected chi connectivity index (χ3v) is 5.71. The van der Waals surface area contributed by atoms with Crippen LogP contribution in [0.5, 0.6) is 0 Å². The number of ketones is 1. The van der Waals surface area contributed by atoms with Gasteiger partial charge in [0.05, 0.1) is 11.0 Å². The first kappa shape index (κ1) is 18.4. The average Bonchev–Trinajstić information content (AvgIpc) is 2.99. The highest BCUT2D eigenvalue weighted by Gasteiger charge is 2.50. The summed E-state index contributed by atoms with van der Waals surface area (Å²) in [4.78, 5) is 44.1. The molecule has 6 nitrogen and oxygen atoms in total. The van der Waals surface area contributed by atoms with Gasteiger partial charge in [0, 0.05) is 48.9 Å². The van der Waals surface area contributed by atoms with E-state index in [0.29, 0.717) is 16.8 Å². The van der Waals surface area contributed by atoms with Crippen LogP contribution < -0.4 is 0 Å². The summed E-state index contributed by atoms with van der Waals surface area (Å²) in [6, 6.07) is 10.6. The maximum atomic E-state index is 13.2. The van der Waals surface area contributed by atoms with E-state index in [-0.39, 0.29) is 23.3 Å². The van der Waals surface area contributed by atoms with E-state index in [1.54, 1.807) is 13.0 Å². The van der Waals surface area contributed by atoms with Crippen LogP contribution in [0, 0.1) is 0 Å². The van der Waals surface area contributed by atoms with Gasteiger partial charge in [-0.1, -0.05) is 29.8 Å². The van der Waals surface area contributed by atoms with Crippen molar-refractivity contribution in [2.75, 3.05) is 7.05 Å². The molecule has 2 aromatic heterocycles. The summed E-state index contributed by atoms with van der Waals surface area (Å²) in [7, 11) is 3.28. The average molecular weight is 396 g/mol. The number of amides is 2. The van der Waals surface area contributed by atoms with Crippen LogP contribution >= 0.6 is 11.6 Å². The van der Waals surface area contributed by atoms with Crippen molar-refractivity contribution >= 4 is 40.1 Å². The number of rotatable bonds is 3. The van der Waals surface area contributed by atoms with Crippen molar-refractivity contribution in [3.8, 4) is 0 Å². The number of nitrogens with zero attached hydrogens (tertiary/aromatic N) is 3. The molecular formula is C21H18ClN3O3. The number of carbonyl (C=O) groups is 3. The van der Waals surface area contributed by atoms with Gasteiger partial charge in [-0.2, -0.15) is 0 Å². The topological polar surface area (TPSA) is 72.3 Å². The molecular weight excluding hydrogens is 378 g/mol. The van der Waals surface area contributed by atoms with Gasteiger partial charge < -0.3 is 4.57 Å². The molecule has 0 aliphatic carbocycles. The van der Waals surface area contributed by atoms with Crippen LogP contribution in [0.3, 0.4) is 0 Å². The van der Waals surface area contributed by atoms with E-state index in [4.69, 9.17) is 11.6 Å². The Bertz CT molecular complexity index is 1150. The standard InChI is InChI=1S/C21H18ClN3O3/c1-21(10-15(26)12-8-9-16(22)23-11-12)18-17(19(27)25(3)20(21)28)13-6-4-5-7-14(13)24(18)2/h4-9,11H,10H2,1-3H3. The van der Waals surface area contributed by atoms with Crippen molar-refractivity contribution in [3.63, 3.8) is 0 Å². The number of benzene rings is 1. The van der Waals surface area contributed by atoms with E-state index in [2.05, 4.69) is 4.98 Å². The quantitative estimate of drug-likeness (QED) is 0.387. The van der Waals surface area contributed by atoms with E-state index in [1.165, 1.54) is 19.3 Å². The number of hydrogen-bond donors (Lipinski definition) is 0. The molecule has 0 bridgehead atoms. The molecule has 0 radical (unpaired) electrons. The molecule has 1 unspecified atom stereocenters. The third kappa shape index (κ3) is 2.48. The highest BCUT2D eigenvalue weighted by molar-refractivity contribution is 6.29. The lowest BCUT2D eigenvalue weighted by Crippen LogP contribution is -2.52. The molecule has 1 aliphatic rings. The summed E-state index contributed by atoms with van der Waals surface area (Å²) in [5.41, 5.74) is 1.08. The Hall–Kier alpha value is -2.99. The Kier molecular flexibility index (Phi) is 4.12. The fraction of sp³-hybridized carbons (Fsp3) is 0.238. The second-order valence-corrected chi connectivity index (χ2v) is 7.66. The number of para-hydroxylation sites is 1. The van der Waals surface area contributed by atoms with Crippen LogP contribution in [0.2, 0.25) is 5.15 Å². The minimum atomic E-state index is -1.18. The van der Waals surface area contributed by atoms with Gasteiger partial charge in [-0.3, -0.25) is 19.3 Å². The molecule has 0 saturated heterocycles. The first-order valence-corrected chi connectivity index (χ1v) is 9.18. The van der Waals surface area contributed by atoms with E-state index in [9.17, 15) is 14.4 Å². The maximum Gasteiger partial charge on any atom is 0.262 e. The van der Waals surface area contributed by atoms with E-state index in [1.807, 2.05) is 35.9 Å². The highest BCUT2D eigenvalue weighted by Crippen LogP contribution is 2.42. The van der Waals surface area contributed by atoms with Crippen LogP contribution in [0.1, 0.15) is 39.8 Å². The number of carbonyl (C=O) groups excluding carboxylic acids is 3. The number of aryl methyl sites for hydroxylation is 1. The Morgan fingerprint density at radius 1 is 1.14 bits per heavy atom. The molecule has 1 aliphatic heterocycles. The van der Waals surface area contributed by atoms with Crippen LogP contribution in [0.4, 0.5) is 0 Å². The first-order chi connectivity index (χ1) is 13.3. The molecule has 0 spiro atoms. The van der Waals surface area contributed by atoms with Crippen LogP contribution in [0.15, 0.2) is 42.6 Å². The minimum Gasteiger partial charge on any atom is -0.346 e. The van der Waals surface area contributed by atoms with Crippen molar-refractivity contribution in [2.24, 2.45) is 7.05 Å². The molecule has 4 rings (SSSR count). The maximum absolute atomic E-state index is 13.2. The summed E-state index contributed by atoms with van der Waals surface area (Å²) >= 11 is 5.80. The summed E-state index contributed by atoms with van der Waals surface area (Å²) in [6.45, 7) is 1.72. The van der Waals surface area contributed by atoms with Gasteiger partial charge in [-0.05, 0) is 25.1 Å². The zero-order valence-corrected chi connectivity index (χ0v) is 16.4. The van der Waals surface area contributed by atoms with Gasteiger partial charge in [-0.15, -0.1) is 0 Å². The van der Waals surface area contributed by atoms with Crippen molar-refractivity contribution < 1.29 is 14.4 Å². The molecule has 1 atom stereocenters. The normalized spacial score (nSPS) is 19.2. The van der Waals surface area contributed by atoms with E-state index < -0.39 is 11.3 Å². The number of imide groups is 1. The zero-order chi connectivity index (χ0) is 20.2. The van der Waals surface area contributed by atoms with Crippen molar-refractivity contribution in [3.05, 3.63) is 64.6 Å². The molecule has 3 heterocycles. The summed E-state index contributed by atoms with van der Waals surface area (Å²) in [5.74, 6) is -0.986. The number of hydrogen-bond acceptors (Lipinski definition) is 4. The van der Waals surface area contributed by atoms with Gasteiger partial charge >= 0.3 is 0 Å². The molecule has 0 saturated carbocycles.